The highest BCUT2D eigenvalue weighted by atomic mass is 32.2. The van der Waals surface area contributed by atoms with Crippen LogP contribution in [0.1, 0.15) is 11.4 Å². The minimum atomic E-state index is 0.762. The third-order valence-corrected chi connectivity index (χ3v) is 8.07. The van der Waals surface area contributed by atoms with Crippen LogP contribution in [-0.2, 0) is 5.75 Å². The van der Waals surface area contributed by atoms with Crippen molar-refractivity contribution in [3.63, 3.8) is 0 Å². The number of ether oxygens (including phenoxy) is 1. The molecule has 0 atom stereocenters. The average molecular weight is 489 g/mol. The second-order valence-corrected chi connectivity index (χ2v) is 10.1. The predicted octanol–water partition coefficient (Wildman–Crippen LogP) is 7.00. The second kappa shape index (κ2) is 9.82. The van der Waals surface area contributed by atoms with Gasteiger partial charge in [-0.2, -0.15) is 0 Å². The van der Waals surface area contributed by atoms with E-state index in [1.54, 1.807) is 41.5 Å². The number of rotatable bonds is 7. The van der Waals surface area contributed by atoms with Crippen molar-refractivity contribution < 1.29 is 4.74 Å². The number of methoxy groups -OCH3 is 1. The lowest BCUT2D eigenvalue weighted by atomic mass is 10.2. The molecule has 0 amide bonds. The van der Waals surface area contributed by atoms with Gasteiger partial charge in [-0.05, 0) is 43.3 Å². The summed E-state index contributed by atoms with van der Waals surface area (Å²) in [5.41, 5.74) is 5.06. The molecule has 164 valence electrons. The predicted molar refractivity (Wildman–Crippen MR) is 137 cm³/mol. The lowest BCUT2D eigenvalue weighted by Crippen LogP contribution is -1.90. The molecule has 5 rings (SSSR count). The van der Waals surface area contributed by atoms with Crippen molar-refractivity contribution >= 4 is 34.4 Å². The zero-order chi connectivity index (χ0) is 22.6. The molecule has 0 radical (unpaired) electrons. The first-order chi connectivity index (χ1) is 16.2. The van der Waals surface area contributed by atoms with E-state index in [0.29, 0.717) is 0 Å². The van der Waals surface area contributed by atoms with Gasteiger partial charge >= 0.3 is 0 Å². The Kier molecular flexibility index (Phi) is 6.48. The molecule has 0 fully saturated rings. The minimum absolute atomic E-state index is 0.762. The highest BCUT2D eigenvalue weighted by Crippen LogP contribution is 2.35. The van der Waals surface area contributed by atoms with E-state index in [0.717, 1.165) is 59.6 Å². The van der Waals surface area contributed by atoms with E-state index in [-0.39, 0.29) is 0 Å². The van der Waals surface area contributed by atoms with E-state index in [1.165, 1.54) is 0 Å². The third-order valence-electron chi connectivity index (χ3n) is 4.95. The molecule has 0 bridgehead atoms. The van der Waals surface area contributed by atoms with Gasteiger partial charge in [0.2, 0.25) is 0 Å². The monoisotopic (exact) mass is 488 g/mol. The molecule has 33 heavy (non-hydrogen) atoms. The van der Waals surface area contributed by atoms with Crippen LogP contribution >= 0.6 is 34.4 Å². The SMILES string of the molecule is COc1ccc(-c2nc(C)c(-c3ccc(SCc4csc(-c5ccccc5)n4)nn3)s2)cc1. The summed E-state index contributed by atoms with van der Waals surface area (Å²) in [6.07, 6.45) is 0. The number of aryl methyl sites for hydroxylation is 1. The van der Waals surface area contributed by atoms with Crippen molar-refractivity contribution in [2.75, 3.05) is 7.11 Å². The van der Waals surface area contributed by atoms with Crippen LogP contribution in [0.25, 0.3) is 31.7 Å². The van der Waals surface area contributed by atoms with Crippen molar-refractivity contribution in [1.82, 2.24) is 20.2 Å². The lowest BCUT2D eigenvalue weighted by molar-refractivity contribution is 0.415. The molecule has 5 nitrogen and oxygen atoms in total. The molecule has 0 aliphatic heterocycles. The first kappa shape index (κ1) is 21.8. The highest BCUT2D eigenvalue weighted by molar-refractivity contribution is 7.98. The van der Waals surface area contributed by atoms with Gasteiger partial charge in [0.1, 0.15) is 26.5 Å². The molecule has 5 aromatic rings. The Balaban J connectivity index is 1.26. The van der Waals surface area contributed by atoms with E-state index in [1.807, 2.05) is 61.5 Å². The quantitative estimate of drug-likeness (QED) is 0.230. The molecule has 0 unspecified atom stereocenters. The topological polar surface area (TPSA) is 60.8 Å². The van der Waals surface area contributed by atoms with Gasteiger partial charge < -0.3 is 4.74 Å². The van der Waals surface area contributed by atoms with Crippen LogP contribution in [0.15, 0.2) is 77.1 Å². The van der Waals surface area contributed by atoms with Gasteiger partial charge in [0.25, 0.3) is 0 Å². The van der Waals surface area contributed by atoms with Gasteiger partial charge in [-0.1, -0.05) is 42.1 Å². The Morgan fingerprint density at radius 2 is 1.64 bits per heavy atom. The Labute approximate surface area is 204 Å². The van der Waals surface area contributed by atoms with Crippen LogP contribution in [0.5, 0.6) is 5.75 Å². The van der Waals surface area contributed by atoms with Crippen molar-refractivity contribution in [2.45, 2.75) is 17.7 Å². The summed E-state index contributed by atoms with van der Waals surface area (Å²) < 4.78 is 5.24. The Morgan fingerprint density at radius 3 is 2.36 bits per heavy atom. The van der Waals surface area contributed by atoms with Crippen molar-refractivity contribution in [2.24, 2.45) is 0 Å². The molecular formula is C25H20N4OS3. The number of thioether (sulfide) groups is 1. The van der Waals surface area contributed by atoms with Crippen LogP contribution in [-0.4, -0.2) is 27.3 Å². The van der Waals surface area contributed by atoms with Gasteiger partial charge in [0.15, 0.2) is 0 Å². The van der Waals surface area contributed by atoms with Gasteiger partial charge in [-0.15, -0.1) is 32.9 Å². The first-order valence-corrected chi connectivity index (χ1v) is 13.0. The number of hydrogen-bond donors (Lipinski definition) is 0. The summed E-state index contributed by atoms with van der Waals surface area (Å²) in [5, 5.41) is 13.9. The fraction of sp³-hybridized carbons (Fsp3) is 0.120. The van der Waals surface area contributed by atoms with Crippen LogP contribution in [0.4, 0.5) is 0 Å². The molecule has 2 aromatic carbocycles. The minimum Gasteiger partial charge on any atom is -0.497 e. The van der Waals surface area contributed by atoms with Gasteiger partial charge in [0.05, 0.1) is 23.4 Å². The Hall–Kier alpha value is -3.07. The average Bonchev–Trinajstić information content (AvgIpc) is 3.51. The van der Waals surface area contributed by atoms with Gasteiger partial charge in [-0.3, -0.25) is 0 Å². The van der Waals surface area contributed by atoms with Crippen LogP contribution in [0, 0.1) is 6.92 Å². The molecule has 0 aliphatic carbocycles. The summed E-state index contributed by atoms with van der Waals surface area (Å²) in [7, 11) is 1.67. The summed E-state index contributed by atoms with van der Waals surface area (Å²) in [6.45, 7) is 2.01. The molecule has 0 N–H and O–H groups in total. The van der Waals surface area contributed by atoms with E-state index < -0.39 is 0 Å². The standard InChI is InChI=1S/C25H20N4OS3/c1-16-23(33-25(26-16)18-8-10-20(30-2)11-9-18)21-12-13-22(29-28-21)31-14-19-15-32-24(27-19)17-6-4-3-5-7-17/h3-13,15H,14H2,1-2H3. The molecule has 8 heteroatoms. The summed E-state index contributed by atoms with van der Waals surface area (Å²) >= 11 is 4.94. The maximum absolute atomic E-state index is 5.24. The molecule has 3 aromatic heterocycles. The smallest absolute Gasteiger partial charge is 0.124 e. The maximum atomic E-state index is 5.24. The van der Waals surface area contributed by atoms with Crippen LogP contribution in [0.2, 0.25) is 0 Å². The molecule has 3 heterocycles. The molecule has 0 saturated carbocycles. The number of thiazole rings is 2. The zero-order valence-electron chi connectivity index (χ0n) is 18.1. The summed E-state index contributed by atoms with van der Waals surface area (Å²) in [5.74, 6) is 1.60. The van der Waals surface area contributed by atoms with E-state index in [9.17, 15) is 0 Å². The molecule has 0 saturated heterocycles. The largest absolute Gasteiger partial charge is 0.497 e. The number of benzene rings is 2. The fourth-order valence-corrected chi connectivity index (χ4v) is 5.92. The Morgan fingerprint density at radius 1 is 0.848 bits per heavy atom. The molecule has 0 aliphatic rings. The maximum Gasteiger partial charge on any atom is 0.124 e. The zero-order valence-corrected chi connectivity index (χ0v) is 20.5. The fourth-order valence-electron chi connectivity index (χ4n) is 3.24. The van der Waals surface area contributed by atoms with Crippen LogP contribution in [0.3, 0.4) is 0 Å². The Bertz CT molecular complexity index is 1350. The lowest BCUT2D eigenvalue weighted by Gasteiger charge is -2.01. The van der Waals surface area contributed by atoms with Crippen molar-refractivity contribution in [3.05, 3.63) is 83.5 Å². The summed E-state index contributed by atoms with van der Waals surface area (Å²) in [6, 6.07) is 22.2. The number of aromatic nitrogens is 4. The molecule has 0 spiro atoms. The number of nitrogens with zero attached hydrogens (tertiary/aromatic N) is 4. The normalized spacial score (nSPS) is 11.0. The van der Waals surface area contributed by atoms with Crippen molar-refractivity contribution in [1.29, 1.82) is 0 Å². The second-order valence-electron chi connectivity index (χ2n) is 7.22. The van der Waals surface area contributed by atoms with E-state index >= 15 is 0 Å². The van der Waals surface area contributed by atoms with Crippen molar-refractivity contribution in [3.8, 4) is 37.5 Å². The van der Waals surface area contributed by atoms with Crippen LogP contribution < -0.4 is 4.74 Å². The van der Waals surface area contributed by atoms with E-state index in [4.69, 9.17) is 14.7 Å². The third kappa shape index (κ3) is 4.98. The van der Waals surface area contributed by atoms with Gasteiger partial charge in [0, 0.05) is 22.3 Å². The first-order valence-electron chi connectivity index (χ1n) is 10.3. The van der Waals surface area contributed by atoms with E-state index in [2.05, 4.69) is 27.7 Å². The molecular weight excluding hydrogens is 469 g/mol. The number of hydrogen-bond acceptors (Lipinski definition) is 8. The van der Waals surface area contributed by atoms with Gasteiger partial charge in [-0.25, -0.2) is 9.97 Å². The highest BCUT2D eigenvalue weighted by Gasteiger charge is 2.13. The summed E-state index contributed by atoms with van der Waals surface area (Å²) in [4.78, 5) is 10.5.